The SMILES string of the molecule is CC(C)N(Cc1ccccc1)C(=O)CNCc1ccncc1. The van der Waals surface area contributed by atoms with Crippen molar-refractivity contribution in [3.8, 4) is 0 Å². The van der Waals surface area contributed by atoms with Crippen LogP contribution in [-0.2, 0) is 17.9 Å². The molecule has 2 rings (SSSR count). The molecule has 22 heavy (non-hydrogen) atoms. The molecule has 0 unspecified atom stereocenters. The molecule has 0 aliphatic heterocycles. The Morgan fingerprint density at radius 1 is 1.09 bits per heavy atom. The smallest absolute Gasteiger partial charge is 0.237 e. The van der Waals surface area contributed by atoms with Crippen LogP contribution in [0, 0.1) is 0 Å². The Morgan fingerprint density at radius 2 is 1.77 bits per heavy atom. The monoisotopic (exact) mass is 297 g/mol. The van der Waals surface area contributed by atoms with Crippen molar-refractivity contribution < 1.29 is 4.79 Å². The maximum absolute atomic E-state index is 12.4. The highest BCUT2D eigenvalue weighted by atomic mass is 16.2. The Labute approximate surface area is 132 Å². The quantitative estimate of drug-likeness (QED) is 0.854. The van der Waals surface area contributed by atoms with Crippen molar-refractivity contribution in [3.63, 3.8) is 0 Å². The number of amides is 1. The fraction of sp³-hybridized carbons (Fsp3) is 0.333. The molecule has 0 radical (unpaired) electrons. The van der Waals surface area contributed by atoms with Crippen LogP contribution in [0.2, 0.25) is 0 Å². The van der Waals surface area contributed by atoms with Crippen molar-refractivity contribution >= 4 is 5.91 Å². The lowest BCUT2D eigenvalue weighted by atomic mass is 10.2. The molecule has 1 heterocycles. The summed E-state index contributed by atoms with van der Waals surface area (Å²) in [6.07, 6.45) is 3.52. The number of hydrogen-bond donors (Lipinski definition) is 1. The highest BCUT2D eigenvalue weighted by molar-refractivity contribution is 5.78. The number of benzene rings is 1. The predicted octanol–water partition coefficient (Wildman–Crippen LogP) is 2.61. The minimum Gasteiger partial charge on any atom is -0.335 e. The number of pyridine rings is 1. The summed E-state index contributed by atoms with van der Waals surface area (Å²) in [4.78, 5) is 18.3. The standard InChI is InChI=1S/C18H23N3O/c1-15(2)21(14-17-6-4-3-5-7-17)18(22)13-20-12-16-8-10-19-11-9-16/h3-11,15,20H,12-14H2,1-2H3. The number of nitrogens with zero attached hydrogens (tertiary/aromatic N) is 2. The van der Waals surface area contributed by atoms with Gasteiger partial charge in [-0.25, -0.2) is 0 Å². The van der Waals surface area contributed by atoms with E-state index in [4.69, 9.17) is 0 Å². The molecule has 0 bridgehead atoms. The third kappa shape index (κ3) is 4.97. The van der Waals surface area contributed by atoms with Gasteiger partial charge in [-0.1, -0.05) is 30.3 Å². The van der Waals surface area contributed by atoms with E-state index in [1.165, 1.54) is 0 Å². The summed E-state index contributed by atoms with van der Waals surface area (Å²) in [6.45, 7) is 5.75. The molecular weight excluding hydrogens is 274 g/mol. The van der Waals surface area contributed by atoms with Crippen LogP contribution in [-0.4, -0.2) is 28.4 Å². The summed E-state index contributed by atoms with van der Waals surface area (Å²) in [5.74, 6) is 0.118. The minimum absolute atomic E-state index is 0.118. The second kappa shape index (κ2) is 8.29. The first-order valence-electron chi connectivity index (χ1n) is 7.60. The Kier molecular flexibility index (Phi) is 6.10. The number of hydrogen-bond acceptors (Lipinski definition) is 3. The third-order valence-corrected chi connectivity index (χ3v) is 3.49. The fourth-order valence-corrected chi connectivity index (χ4v) is 2.25. The molecular formula is C18H23N3O. The van der Waals surface area contributed by atoms with Gasteiger partial charge in [-0.05, 0) is 37.1 Å². The lowest BCUT2D eigenvalue weighted by Crippen LogP contribution is -2.41. The Balaban J connectivity index is 1.87. The molecule has 4 nitrogen and oxygen atoms in total. The van der Waals surface area contributed by atoms with Gasteiger partial charge in [0.1, 0.15) is 0 Å². The Bertz CT molecular complexity index is 569. The Hall–Kier alpha value is -2.20. The highest BCUT2D eigenvalue weighted by Crippen LogP contribution is 2.08. The van der Waals surface area contributed by atoms with Gasteiger partial charge in [0.15, 0.2) is 0 Å². The van der Waals surface area contributed by atoms with Crippen LogP contribution >= 0.6 is 0 Å². The van der Waals surface area contributed by atoms with Crippen molar-refractivity contribution in [2.24, 2.45) is 0 Å². The summed E-state index contributed by atoms with van der Waals surface area (Å²) in [5, 5.41) is 3.20. The van der Waals surface area contributed by atoms with Crippen LogP contribution in [0.1, 0.15) is 25.0 Å². The number of carbonyl (C=O) groups excluding carboxylic acids is 1. The van der Waals surface area contributed by atoms with Crippen LogP contribution in [0.5, 0.6) is 0 Å². The molecule has 0 saturated heterocycles. The van der Waals surface area contributed by atoms with Gasteiger partial charge < -0.3 is 10.2 Å². The van der Waals surface area contributed by atoms with Crippen molar-refractivity contribution in [2.45, 2.75) is 33.0 Å². The molecule has 1 N–H and O–H groups in total. The Morgan fingerprint density at radius 3 is 2.41 bits per heavy atom. The molecule has 116 valence electrons. The van der Waals surface area contributed by atoms with Crippen LogP contribution in [0.25, 0.3) is 0 Å². The maximum Gasteiger partial charge on any atom is 0.237 e. The zero-order valence-electron chi connectivity index (χ0n) is 13.2. The van der Waals surface area contributed by atoms with Crippen molar-refractivity contribution in [2.75, 3.05) is 6.54 Å². The average molecular weight is 297 g/mol. The van der Waals surface area contributed by atoms with Gasteiger partial charge in [0.05, 0.1) is 6.54 Å². The zero-order chi connectivity index (χ0) is 15.8. The van der Waals surface area contributed by atoms with Crippen molar-refractivity contribution in [3.05, 3.63) is 66.0 Å². The molecule has 4 heteroatoms. The van der Waals surface area contributed by atoms with E-state index in [-0.39, 0.29) is 11.9 Å². The van der Waals surface area contributed by atoms with Crippen LogP contribution in [0.15, 0.2) is 54.9 Å². The van der Waals surface area contributed by atoms with Gasteiger partial charge >= 0.3 is 0 Å². The molecule has 0 atom stereocenters. The fourth-order valence-electron chi connectivity index (χ4n) is 2.25. The predicted molar refractivity (Wildman–Crippen MR) is 88.1 cm³/mol. The third-order valence-electron chi connectivity index (χ3n) is 3.49. The van der Waals surface area contributed by atoms with E-state index < -0.39 is 0 Å². The number of rotatable bonds is 7. The van der Waals surface area contributed by atoms with Gasteiger partial charge in [-0.15, -0.1) is 0 Å². The number of aromatic nitrogens is 1. The molecule has 0 fully saturated rings. The first kappa shape index (κ1) is 16.2. The molecule has 1 aromatic heterocycles. The van der Waals surface area contributed by atoms with Crippen LogP contribution in [0.4, 0.5) is 0 Å². The molecule has 2 aromatic rings. The van der Waals surface area contributed by atoms with E-state index in [1.54, 1.807) is 12.4 Å². The first-order valence-corrected chi connectivity index (χ1v) is 7.60. The van der Waals surface area contributed by atoms with Crippen molar-refractivity contribution in [1.29, 1.82) is 0 Å². The average Bonchev–Trinajstić information content (AvgIpc) is 2.54. The molecule has 0 aliphatic carbocycles. The highest BCUT2D eigenvalue weighted by Gasteiger charge is 2.16. The molecule has 0 saturated carbocycles. The maximum atomic E-state index is 12.4. The lowest BCUT2D eigenvalue weighted by molar-refractivity contribution is -0.132. The summed E-state index contributed by atoms with van der Waals surface area (Å²) in [7, 11) is 0. The van der Waals surface area contributed by atoms with Crippen LogP contribution < -0.4 is 5.32 Å². The number of nitrogens with one attached hydrogen (secondary N) is 1. The van der Waals surface area contributed by atoms with Gasteiger partial charge in [-0.3, -0.25) is 9.78 Å². The van der Waals surface area contributed by atoms with E-state index >= 15 is 0 Å². The lowest BCUT2D eigenvalue weighted by Gasteiger charge is -2.27. The van der Waals surface area contributed by atoms with E-state index in [1.807, 2.05) is 61.2 Å². The molecule has 0 aliphatic rings. The van der Waals surface area contributed by atoms with Gasteiger partial charge in [0.2, 0.25) is 5.91 Å². The summed E-state index contributed by atoms with van der Waals surface area (Å²) < 4.78 is 0. The molecule has 0 spiro atoms. The van der Waals surface area contributed by atoms with E-state index in [9.17, 15) is 4.79 Å². The normalized spacial score (nSPS) is 10.7. The largest absolute Gasteiger partial charge is 0.335 e. The van der Waals surface area contributed by atoms with Gasteiger partial charge in [-0.2, -0.15) is 0 Å². The van der Waals surface area contributed by atoms with E-state index in [0.717, 1.165) is 11.1 Å². The van der Waals surface area contributed by atoms with Crippen LogP contribution in [0.3, 0.4) is 0 Å². The zero-order valence-corrected chi connectivity index (χ0v) is 13.2. The summed E-state index contributed by atoms with van der Waals surface area (Å²) in [6, 6.07) is 14.2. The second-order valence-corrected chi connectivity index (χ2v) is 5.56. The number of carbonyl (C=O) groups is 1. The summed E-state index contributed by atoms with van der Waals surface area (Å²) in [5.41, 5.74) is 2.28. The minimum atomic E-state index is 0.118. The van der Waals surface area contributed by atoms with Gasteiger partial charge in [0.25, 0.3) is 0 Å². The first-order chi connectivity index (χ1) is 10.7. The molecule has 1 amide bonds. The van der Waals surface area contributed by atoms with Crippen molar-refractivity contribution in [1.82, 2.24) is 15.2 Å². The molecule has 1 aromatic carbocycles. The van der Waals surface area contributed by atoms with Gasteiger partial charge in [0, 0.05) is 31.5 Å². The van der Waals surface area contributed by atoms with E-state index in [2.05, 4.69) is 10.3 Å². The summed E-state index contributed by atoms with van der Waals surface area (Å²) >= 11 is 0. The second-order valence-electron chi connectivity index (χ2n) is 5.56. The van der Waals surface area contributed by atoms with E-state index in [0.29, 0.717) is 19.6 Å². The topological polar surface area (TPSA) is 45.2 Å².